The average molecular weight is 510 g/mol. The predicted octanol–water partition coefficient (Wildman–Crippen LogP) is 3.10. The number of benzene rings is 3. The van der Waals surface area contributed by atoms with Crippen LogP contribution in [0.4, 0.5) is 18.9 Å². The third-order valence-electron chi connectivity index (χ3n) is 5.70. The van der Waals surface area contributed by atoms with Gasteiger partial charge >= 0.3 is 11.9 Å². The van der Waals surface area contributed by atoms with E-state index < -0.39 is 41.1 Å². The number of para-hydroxylation sites is 2. The molecule has 2 N–H and O–H groups in total. The van der Waals surface area contributed by atoms with Gasteiger partial charge in [-0.3, -0.25) is 19.0 Å². The van der Waals surface area contributed by atoms with Crippen molar-refractivity contribution in [2.75, 3.05) is 12.4 Å². The molecule has 1 heterocycles. The molecule has 11 heteroatoms. The molecule has 0 saturated carbocycles. The second-order valence-corrected chi connectivity index (χ2v) is 8.13. The first kappa shape index (κ1) is 25.4. The highest BCUT2D eigenvalue weighted by Crippen LogP contribution is 2.34. The standard InChI is InChI=1S/C26H21F3N4O4/c1-30-22(34)14-16-10-12-17(13-11-16)33-24(36)18-6-2-5-9-21(18)32(25(33)37)15-23(35)31-20-8-4-3-7-19(20)26(27,28)29/h2-13H,14-15H2,1H3,(H,30,34)(H,31,35). The number of likely N-dealkylation sites (N-methyl/N-ethyl adjacent to an activating group) is 1. The van der Waals surface area contributed by atoms with E-state index in [1.54, 1.807) is 24.3 Å². The first-order valence-corrected chi connectivity index (χ1v) is 11.1. The summed E-state index contributed by atoms with van der Waals surface area (Å²) in [4.78, 5) is 51.1. The van der Waals surface area contributed by atoms with E-state index in [4.69, 9.17) is 0 Å². The Morgan fingerprint density at radius 1 is 0.865 bits per heavy atom. The Kier molecular flexibility index (Phi) is 6.96. The highest BCUT2D eigenvalue weighted by molar-refractivity contribution is 5.92. The molecular weight excluding hydrogens is 489 g/mol. The summed E-state index contributed by atoms with van der Waals surface area (Å²) in [6.45, 7) is -0.638. The van der Waals surface area contributed by atoms with Crippen LogP contribution in [0.25, 0.3) is 16.6 Å². The van der Waals surface area contributed by atoms with E-state index in [-0.39, 0.29) is 28.9 Å². The molecule has 0 fully saturated rings. The molecule has 0 unspecified atom stereocenters. The quantitative estimate of drug-likeness (QED) is 0.416. The zero-order valence-corrected chi connectivity index (χ0v) is 19.5. The van der Waals surface area contributed by atoms with Crippen molar-refractivity contribution in [1.82, 2.24) is 14.5 Å². The van der Waals surface area contributed by atoms with Gasteiger partial charge in [0.2, 0.25) is 11.8 Å². The molecule has 8 nitrogen and oxygen atoms in total. The summed E-state index contributed by atoms with van der Waals surface area (Å²) in [5, 5.41) is 4.86. The lowest BCUT2D eigenvalue weighted by Gasteiger charge is -2.16. The Morgan fingerprint density at radius 2 is 1.51 bits per heavy atom. The third-order valence-corrected chi connectivity index (χ3v) is 5.70. The largest absolute Gasteiger partial charge is 0.418 e. The molecule has 0 atom stereocenters. The number of nitrogens with zero attached hydrogens (tertiary/aromatic N) is 2. The number of fused-ring (bicyclic) bond motifs is 1. The second-order valence-electron chi connectivity index (χ2n) is 8.13. The molecule has 0 aliphatic heterocycles. The van der Waals surface area contributed by atoms with Crippen molar-refractivity contribution in [3.05, 3.63) is 105 Å². The number of rotatable bonds is 6. The Hall–Kier alpha value is -4.67. The lowest BCUT2D eigenvalue weighted by atomic mass is 10.1. The van der Waals surface area contributed by atoms with Gasteiger partial charge in [-0.25, -0.2) is 9.36 Å². The number of aromatic nitrogens is 2. The van der Waals surface area contributed by atoms with E-state index in [9.17, 15) is 32.3 Å². The summed E-state index contributed by atoms with van der Waals surface area (Å²) in [6, 6.07) is 16.8. The number of nitrogens with one attached hydrogen (secondary N) is 2. The van der Waals surface area contributed by atoms with E-state index >= 15 is 0 Å². The van der Waals surface area contributed by atoms with Crippen LogP contribution in [0.5, 0.6) is 0 Å². The maximum absolute atomic E-state index is 13.4. The second kappa shape index (κ2) is 10.1. The number of carbonyl (C=O) groups is 2. The van der Waals surface area contributed by atoms with Crippen LogP contribution in [-0.4, -0.2) is 28.0 Å². The fraction of sp³-hybridized carbons (Fsp3) is 0.154. The minimum Gasteiger partial charge on any atom is -0.359 e. The van der Waals surface area contributed by atoms with Crippen LogP contribution in [0.3, 0.4) is 0 Å². The molecule has 2 amide bonds. The van der Waals surface area contributed by atoms with Gasteiger partial charge in [-0.15, -0.1) is 0 Å². The summed E-state index contributed by atoms with van der Waals surface area (Å²) in [7, 11) is 1.51. The molecule has 0 saturated heterocycles. The number of amides is 2. The maximum atomic E-state index is 13.4. The number of anilines is 1. The molecule has 1 aromatic heterocycles. The Morgan fingerprint density at radius 3 is 2.19 bits per heavy atom. The fourth-order valence-corrected chi connectivity index (χ4v) is 3.91. The Bertz CT molecular complexity index is 1610. The Balaban J connectivity index is 1.75. The van der Waals surface area contributed by atoms with Crippen LogP contribution >= 0.6 is 0 Å². The van der Waals surface area contributed by atoms with Crippen molar-refractivity contribution >= 4 is 28.4 Å². The van der Waals surface area contributed by atoms with Crippen molar-refractivity contribution in [2.45, 2.75) is 19.1 Å². The summed E-state index contributed by atoms with van der Waals surface area (Å²) in [5.74, 6) is -1.09. The molecule has 0 spiro atoms. The lowest BCUT2D eigenvalue weighted by molar-refractivity contribution is -0.137. The summed E-state index contributed by atoms with van der Waals surface area (Å²) < 4.78 is 41.9. The van der Waals surface area contributed by atoms with Gasteiger partial charge in [-0.05, 0) is 42.0 Å². The molecule has 3 aromatic carbocycles. The number of carbonyl (C=O) groups excluding carboxylic acids is 2. The number of hydrogen-bond donors (Lipinski definition) is 2. The molecular formula is C26H21F3N4O4. The summed E-state index contributed by atoms with van der Waals surface area (Å²) in [5.41, 5.74) is -1.93. The highest BCUT2D eigenvalue weighted by Gasteiger charge is 2.33. The van der Waals surface area contributed by atoms with Crippen LogP contribution in [0, 0.1) is 0 Å². The highest BCUT2D eigenvalue weighted by atomic mass is 19.4. The van der Waals surface area contributed by atoms with Crippen LogP contribution in [0.15, 0.2) is 82.4 Å². The molecule has 4 aromatic rings. The fourth-order valence-electron chi connectivity index (χ4n) is 3.91. The van der Waals surface area contributed by atoms with E-state index in [0.29, 0.717) is 5.56 Å². The van der Waals surface area contributed by atoms with Gasteiger partial charge in [0.25, 0.3) is 5.56 Å². The van der Waals surface area contributed by atoms with Gasteiger partial charge in [0.05, 0.1) is 34.3 Å². The molecule has 37 heavy (non-hydrogen) atoms. The zero-order chi connectivity index (χ0) is 26.7. The molecule has 0 aliphatic carbocycles. The third kappa shape index (κ3) is 5.30. The minimum atomic E-state index is -4.69. The minimum absolute atomic E-state index is 0.104. The Labute approximate surface area is 208 Å². The van der Waals surface area contributed by atoms with Crippen LogP contribution in [-0.2, 0) is 28.7 Å². The summed E-state index contributed by atoms with van der Waals surface area (Å²) >= 11 is 0. The smallest absolute Gasteiger partial charge is 0.359 e. The topological polar surface area (TPSA) is 102 Å². The van der Waals surface area contributed by atoms with Crippen LogP contribution in [0.2, 0.25) is 0 Å². The molecule has 0 radical (unpaired) electrons. The zero-order valence-electron chi connectivity index (χ0n) is 19.5. The summed E-state index contributed by atoms with van der Waals surface area (Å²) in [6.07, 6.45) is -4.59. The van der Waals surface area contributed by atoms with Gasteiger partial charge in [0.15, 0.2) is 0 Å². The van der Waals surface area contributed by atoms with Crippen molar-refractivity contribution in [1.29, 1.82) is 0 Å². The average Bonchev–Trinajstić information content (AvgIpc) is 2.87. The SMILES string of the molecule is CNC(=O)Cc1ccc(-n2c(=O)c3ccccc3n(CC(=O)Nc3ccccc3C(F)(F)F)c2=O)cc1. The monoisotopic (exact) mass is 510 g/mol. The predicted molar refractivity (Wildman–Crippen MR) is 132 cm³/mol. The maximum Gasteiger partial charge on any atom is 0.418 e. The van der Waals surface area contributed by atoms with Crippen LogP contribution < -0.4 is 21.9 Å². The molecule has 4 rings (SSSR count). The van der Waals surface area contributed by atoms with E-state index in [2.05, 4.69) is 10.6 Å². The number of halogens is 3. The number of hydrogen-bond acceptors (Lipinski definition) is 4. The van der Waals surface area contributed by atoms with Gasteiger partial charge in [0, 0.05) is 7.05 Å². The van der Waals surface area contributed by atoms with Gasteiger partial charge in [-0.1, -0.05) is 36.4 Å². The molecule has 0 aliphatic rings. The van der Waals surface area contributed by atoms with E-state index in [1.807, 2.05) is 0 Å². The lowest BCUT2D eigenvalue weighted by Crippen LogP contribution is -2.40. The molecule has 190 valence electrons. The van der Waals surface area contributed by atoms with Gasteiger partial charge in [0.1, 0.15) is 6.54 Å². The van der Waals surface area contributed by atoms with Crippen molar-refractivity contribution in [2.24, 2.45) is 0 Å². The van der Waals surface area contributed by atoms with Crippen molar-refractivity contribution in [3.63, 3.8) is 0 Å². The first-order chi connectivity index (χ1) is 17.6. The van der Waals surface area contributed by atoms with Crippen LogP contribution in [0.1, 0.15) is 11.1 Å². The normalized spacial score (nSPS) is 11.4. The molecule has 0 bridgehead atoms. The van der Waals surface area contributed by atoms with E-state index in [1.165, 1.54) is 43.4 Å². The van der Waals surface area contributed by atoms with Gasteiger partial charge in [-0.2, -0.15) is 13.2 Å². The van der Waals surface area contributed by atoms with Gasteiger partial charge < -0.3 is 10.6 Å². The first-order valence-electron chi connectivity index (χ1n) is 11.1. The van der Waals surface area contributed by atoms with E-state index in [0.717, 1.165) is 21.3 Å². The van der Waals surface area contributed by atoms with Crippen molar-refractivity contribution in [3.8, 4) is 5.69 Å². The number of alkyl halides is 3. The van der Waals surface area contributed by atoms with Crippen molar-refractivity contribution < 1.29 is 22.8 Å².